The number of nitrogens with one attached hydrogen (secondary N) is 2. The Kier molecular flexibility index (Phi) is 9.35. The first kappa shape index (κ1) is 27.2. The molecule has 3 aromatic carbocycles. The van der Waals surface area contributed by atoms with Gasteiger partial charge in [0.2, 0.25) is 11.8 Å². The van der Waals surface area contributed by atoms with Crippen molar-refractivity contribution in [2.75, 3.05) is 36.0 Å². The molecule has 2 amide bonds. The molecule has 1 heterocycles. The fourth-order valence-corrected chi connectivity index (χ4v) is 4.59. The number of amides is 2. The average molecular weight is 508 g/mol. The number of piperidine rings is 1. The highest BCUT2D eigenvalue weighted by Crippen LogP contribution is 2.25. The number of nitrogen functional groups attached to an aromatic ring is 1. The van der Waals surface area contributed by atoms with Gasteiger partial charge in [0.15, 0.2) is 0 Å². The lowest BCUT2D eigenvalue weighted by atomic mass is 9.92. The number of hydrogen-bond acceptors (Lipinski definition) is 5. The molecule has 8 heteroatoms. The van der Waals surface area contributed by atoms with Gasteiger partial charge in [-0.25, -0.2) is 0 Å². The summed E-state index contributed by atoms with van der Waals surface area (Å²) < 4.78 is 0. The maximum absolute atomic E-state index is 13.3. The minimum atomic E-state index is -0.381. The van der Waals surface area contributed by atoms with Gasteiger partial charge < -0.3 is 26.4 Å². The lowest BCUT2D eigenvalue weighted by Crippen LogP contribution is -2.39. The lowest BCUT2D eigenvalue weighted by Gasteiger charge is -2.31. The molecule has 7 nitrogen and oxygen atoms in total. The third-order valence-corrected chi connectivity index (χ3v) is 6.69. The van der Waals surface area contributed by atoms with Gasteiger partial charge in [-0.15, -0.1) is 0 Å². The normalized spacial score (nSPS) is 16.7. The second-order valence-corrected chi connectivity index (χ2v) is 9.63. The predicted molar refractivity (Wildman–Crippen MR) is 154 cm³/mol. The van der Waals surface area contributed by atoms with E-state index in [0.29, 0.717) is 42.0 Å². The molecule has 38 heavy (non-hydrogen) atoms. The minimum Gasteiger partial charge on any atom is -0.397 e. The Labute approximate surface area is 225 Å². The van der Waals surface area contributed by atoms with E-state index < -0.39 is 0 Å². The van der Waals surface area contributed by atoms with Crippen molar-refractivity contribution in [1.82, 2.24) is 4.90 Å². The number of anilines is 3. The van der Waals surface area contributed by atoms with Crippen molar-refractivity contribution in [2.45, 2.75) is 31.3 Å². The summed E-state index contributed by atoms with van der Waals surface area (Å²) in [4.78, 5) is 27.9. The van der Waals surface area contributed by atoms with Gasteiger partial charge in [0.05, 0.1) is 23.4 Å². The molecule has 1 fully saturated rings. The SMILES string of the molecule is [B]c1ccc(NC(=O)C(CCN2CCCC(O)C2)c2ccc(/C=C/C(=O)Nc3ccccc3N)cc2)cc1. The highest BCUT2D eigenvalue weighted by molar-refractivity contribution is 6.32. The van der Waals surface area contributed by atoms with Crippen molar-refractivity contribution in [3.8, 4) is 0 Å². The number of likely N-dealkylation sites (tertiary alicyclic amines) is 1. The summed E-state index contributed by atoms with van der Waals surface area (Å²) in [5.41, 5.74) is 9.99. The Morgan fingerprint density at radius 2 is 1.79 bits per heavy atom. The van der Waals surface area contributed by atoms with Crippen molar-refractivity contribution in [3.05, 3.63) is 90.0 Å². The molecule has 3 aromatic rings. The Hall–Kier alpha value is -3.88. The second-order valence-electron chi connectivity index (χ2n) is 9.63. The molecule has 2 unspecified atom stereocenters. The first-order chi connectivity index (χ1) is 18.4. The van der Waals surface area contributed by atoms with Crippen LogP contribution in [0.1, 0.15) is 36.3 Å². The molecular weight excluding hydrogens is 475 g/mol. The van der Waals surface area contributed by atoms with Crippen LogP contribution in [0.15, 0.2) is 78.9 Å². The van der Waals surface area contributed by atoms with E-state index in [1.807, 2.05) is 36.4 Å². The highest BCUT2D eigenvalue weighted by Gasteiger charge is 2.24. The van der Waals surface area contributed by atoms with Crippen LogP contribution in [0.25, 0.3) is 6.08 Å². The number of para-hydroxylation sites is 2. The van der Waals surface area contributed by atoms with E-state index in [-0.39, 0.29) is 23.8 Å². The molecule has 4 rings (SSSR count). The molecule has 1 aliphatic rings. The van der Waals surface area contributed by atoms with Crippen LogP contribution >= 0.6 is 0 Å². The fourth-order valence-electron chi connectivity index (χ4n) is 4.59. The van der Waals surface area contributed by atoms with Gasteiger partial charge in [0.25, 0.3) is 0 Å². The lowest BCUT2D eigenvalue weighted by molar-refractivity contribution is -0.118. The van der Waals surface area contributed by atoms with Gasteiger partial charge in [-0.05, 0) is 73.8 Å². The molecule has 0 bridgehead atoms. The highest BCUT2D eigenvalue weighted by atomic mass is 16.3. The van der Waals surface area contributed by atoms with Crippen molar-refractivity contribution in [3.63, 3.8) is 0 Å². The zero-order valence-corrected chi connectivity index (χ0v) is 21.3. The van der Waals surface area contributed by atoms with E-state index >= 15 is 0 Å². The molecule has 0 saturated carbocycles. The van der Waals surface area contributed by atoms with E-state index in [2.05, 4.69) is 15.5 Å². The Balaban J connectivity index is 1.44. The zero-order chi connectivity index (χ0) is 26.9. The number of nitrogens with two attached hydrogens (primary N) is 1. The monoisotopic (exact) mass is 508 g/mol. The minimum absolute atomic E-state index is 0.101. The van der Waals surface area contributed by atoms with Crippen molar-refractivity contribution < 1.29 is 14.7 Å². The van der Waals surface area contributed by atoms with Gasteiger partial charge in [-0.3, -0.25) is 9.59 Å². The van der Waals surface area contributed by atoms with E-state index in [1.165, 1.54) is 6.08 Å². The third kappa shape index (κ3) is 7.81. The molecule has 1 saturated heterocycles. The Morgan fingerprint density at radius 3 is 2.50 bits per heavy atom. The zero-order valence-electron chi connectivity index (χ0n) is 21.3. The smallest absolute Gasteiger partial charge is 0.248 e. The molecule has 2 radical (unpaired) electrons. The molecule has 0 spiro atoms. The van der Waals surface area contributed by atoms with Crippen molar-refractivity contribution in [1.29, 1.82) is 0 Å². The van der Waals surface area contributed by atoms with Crippen LogP contribution in [-0.2, 0) is 9.59 Å². The van der Waals surface area contributed by atoms with Gasteiger partial charge in [0, 0.05) is 18.3 Å². The van der Waals surface area contributed by atoms with E-state index in [4.69, 9.17) is 13.6 Å². The number of carbonyl (C=O) groups is 2. The first-order valence-corrected chi connectivity index (χ1v) is 12.9. The maximum atomic E-state index is 13.3. The molecule has 0 aromatic heterocycles. The van der Waals surface area contributed by atoms with E-state index in [0.717, 1.165) is 30.5 Å². The average Bonchev–Trinajstić information content (AvgIpc) is 2.91. The van der Waals surface area contributed by atoms with Crippen LogP contribution in [0, 0.1) is 0 Å². The maximum Gasteiger partial charge on any atom is 0.248 e. The Morgan fingerprint density at radius 1 is 1.05 bits per heavy atom. The number of aliphatic hydroxyl groups excluding tert-OH is 1. The van der Waals surface area contributed by atoms with E-state index in [1.54, 1.807) is 42.5 Å². The number of β-amino-alcohol motifs (C(OH)–C–C–N with tert-alkyl or cyclic N) is 1. The van der Waals surface area contributed by atoms with E-state index in [9.17, 15) is 14.7 Å². The van der Waals surface area contributed by atoms with Crippen LogP contribution in [0.3, 0.4) is 0 Å². The number of benzene rings is 3. The molecule has 2 atom stereocenters. The largest absolute Gasteiger partial charge is 0.397 e. The summed E-state index contributed by atoms with van der Waals surface area (Å²) >= 11 is 0. The summed E-state index contributed by atoms with van der Waals surface area (Å²) in [5, 5.41) is 15.8. The molecular formula is C30H33BN4O3. The van der Waals surface area contributed by atoms with Crippen LogP contribution in [0.2, 0.25) is 0 Å². The molecule has 194 valence electrons. The quantitative estimate of drug-likeness (QED) is 0.202. The van der Waals surface area contributed by atoms with Crippen molar-refractivity contribution in [2.24, 2.45) is 0 Å². The van der Waals surface area contributed by atoms with Crippen LogP contribution in [0.5, 0.6) is 0 Å². The summed E-state index contributed by atoms with van der Waals surface area (Å²) in [6.07, 6.45) is 5.25. The van der Waals surface area contributed by atoms with Crippen LogP contribution in [0.4, 0.5) is 17.1 Å². The number of rotatable bonds is 9. The summed E-state index contributed by atoms with van der Waals surface area (Å²) in [6.45, 7) is 2.26. The molecule has 5 N–H and O–H groups in total. The van der Waals surface area contributed by atoms with Gasteiger partial charge >= 0.3 is 0 Å². The second kappa shape index (κ2) is 13.1. The van der Waals surface area contributed by atoms with Crippen molar-refractivity contribution >= 4 is 48.3 Å². The summed E-state index contributed by atoms with van der Waals surface area (Å²) in [7, 11) is 5.78. The summed E-state index contributed by atoms with van der Waals surface area (Å²) in [5.74, 6) is -0.763. The first-order valence-electron chi connectivity index (χ1n) is 12.9. The third-order valence-electron chi connectivity index (χ3n) is 6.69. The summed E-state index contributed by atoms with van der Waals surface area (Å²) in [6, 6.07) is 21.8. The van der Waals surface area contributed by atoms with Gasteiger partial charge in [0.1, 0.15) is 7.85 Å². The standard InChI is InChI=1S/C30H33BN4O3/c31-23-12-14-24(15-13-23)33-30(38)26(17-19-35-18-3-4-25(36)20-35)22-10-7-21(8-11-22)9-16-29(37)34-28-6-2-1-5-27(28)32/h1-2,5-16,25-26,36H,3-4,17-20,32H2,(H,33,38)(H,34,37)/b16-9+. The van der Waals surface area contributed by atoms with Gasteiger partial charge in [-0.1, -0.05) is 54.0 Å². The Bertz CT molecular complexity index is 1260. The van der Waals surface area contributed by atoms with Crippen LogP contribution in [-0.4, -0.2) is 55.4 Å². The number of hydrogen-bond donors (Lipinski definition) is 4. The van der Waals surface area contributed by atoms with Gasteiger partial charge in [-0.2, -0.15) is 0 Å². The topological polar surface area (TPSA) is 108 Å². The number of carbonyl (C=O) groups excluding carboxylic acids is 2. The fraction of sp³-hybridized carbons (Fsp3) is 0.267. The molecule has 0 aliphatic carbocycles. The number of nitrogens with zero attached hydrogens (tertiary/aromatic N) is 1. The molecule has 1 aliphatic heterocycles. The van der Waals surface area contributed by atoms with Crippen LogP contribution < -0.4 is 21.8 Å². The predicted octanol–water partition coefficient (Wildman–Crippen LogP) is 3.28. The number of aliphatic hydroxyl groups is 1.